The maximum atomic E-state index is 9.56. The summed E-state index contributed by atoms with van der Waals surface area (Å²) in [7, 11) is 0. The summed E-state index contributed by atoms with van der Waals surface area (Å²) in [5, 5.41) is 13.3. The molecule has 0 unspecified atom stereocenters. The Morgan fingerprint density at radius 1 is 1.64 bits per heavy atom. The molecule has 14 heavy (non-hydrogen) atoms. The minimum absolute atomic E-state index is 0.0160. The van der Waals surface area contributed by atoms with Crippen molar-refractivity contribution in [2.75, 3.05) is 6.54 Å². The van der Waals surface area contributed by atoms with Gasteiger partial charge in [-0.25, -0.2) is 0 Å². The molecule has 1 aromatic carbocycles. The first-order valence-electron chi connectivity index (χ1n) is 3.79. The van der Waals surface area contributed by atoms with Gasteiger partial charge in [-0.15, -0.1) is 0 Å². The van der Waals surface area contributed by atoms with E-state index in [0.29, 0.717) is 10.6 Å². The maximum Gasteiger partial charge on any atom is 0.0860 e. The molecule has 6 heteroatoms. The monoisotopic (exact) mass is 275 g/mol. The van der Waals surface area contributed by atoms with E-state index in [1.54, 1.807) is 18.2 Å². The summed E-state index contributed by atoms with van der Waals surface area (Å²) in [6.45, 7) is -0.0160. The summed E-state index contributed by atoms with van der Waals surface area (Å²) in [6.07, 6.45) is -0.855. The van der Waals surface area contributed by atoms with Crippen LogP contribution in [0.5, 0.6) is 0 Å². The Morgan fingerprint density at radius 2 is 2.36 bits per heavy atom. The summed E-state index contributed by atoms with van der Waals surface area (Å²) in [6, 6.07) is 5.13. The van der Waals surface area contributed by atoms with Gasteiger partial charge in [-0.1, -0.05) is 38.7 Å². The van der Waals surface area contributed by atoms with Crippen LogP contribution in [-0.4, -0.2) is 11.7 Å². The number of halogens is 2. The summed E-state index contributed by atoms with van der Waals surface area (Å²) in [4.78, 5) is 2.56. The molecular weight excluding hydrogens is 269 g/mol. The molecule has 1 aromatic rings. The second-order valence-electron chi connectivity index (χ2n) is 2.60. The third-order valence-electron chi connectivity index (χ3n) is 1.64. The zero-order chi connectivity index (χ0) is 10.6. The number of aliphatic hydroxyl groups excluding tert-OH is 1. The number of nitrogens with zero attached hydrogens (tertiary/aromatic N) is 3. The van der Waals surface area contributed by atoms with Crippen molar-refractivity contribution in [1.82, 2.24) is 0 Å². The number of aliphatic hydroxyl groups is 1. The van der Waals surface area contributed by atoms with Crippen molar-refractivity contribution < 1.29 is 5.11 Å². The summed E-state index contributed by atoms with van der Waals surface area (Å²) >= 11 is 9.13. The minimum Gasteiger partial charge on any atom is -0.388 e. The lowest BCUT2D eigenvalue weighted by atomic mass is 10.1. The van der Waals surface area contributed by atoms with Gasteiger partial charge >= 0.3 is 0 Å². The van der Waals surface area contributed by atoms with Crippen molar-refractivity contribution in [3.8, 4) is 0 Å². The zero-order valence-corrected chi connectivity index (χ0v) is 9.40. The standard InChI is InChI=1S/C8H7BrClN3O/c9-5-1-2-6(7(10)3-5)8(14)4-12-13-11/h1-3,8,14H,4H2/t8-/m0/s1. The van der Waals surface area contributed by atoms with Gasteiger partial charge in [0.2, 0.25) is 0 Å². The van der Waals surface area contributed by atoms with Crippen LogP contribution in [0.4, 0.5) is 0 Å². The Morgan fingerprint density at radius 3 is 2.93 bits per heavy atom. The predicted octanol–water partition coefficient (Wildman–Crippen LogP) is 3.45. The lowest BCUT2D eigenvalue weighted by Crippen LogP contribution is -2.01. The number of rotatable bonds is 3. The number of benzene rings is 1. The van der Waals surface area contributed by atoms with Crippen molar-refractivity contribution >= 4 is 27.5 Å². The van der Waals surface area contributed by atoms with E-state index in [1.165, 1.54) is 0 Å². The number of hydrogen-bond donors (Lipinski definition) is 1. The van der Waals surface area contributed by atoms with E-state index in [-0.39, 0.29) is 6.54 Å². The highest BCUT2D eigenvalue weighted by atomic mass is 79.9. The molecule has 0 aliphatic rings. The Hall–Kier alpha value is -0.740. The van der Waals surface area contributed by atoms with Crippen molar-refractivity contribution in [3.63, 3.8) is 0 Å². The van der Waals surface area contributed by atoms with Crippen molar-refractivity contribution in [1.29, 1.82) is 0 Å². The van der Waals surface area contributed by atoms with Crippen LogP contribution in [0.2, 0.25) is 5.02 Å². The van der Waals surface area contributed by atoms with E-state index in [2.05, 4.69) is 26.0 Å². The number of hydrogen-bond acceptors (Lipinski definition) is 2. The van der Waals surface area contributed by atoms with Gasteiger partial charge in [-0.2, -0.15) is 0 Å². The smallest absolute Gasteiger partial charge is 0.0860 e. The molecule has 74 valence electrons. The molecule has 0 fully saturated rings. The van der Waals surface area contributed by atoms with Crippen LogP contribution in [-0.2, 0) is 0 Å². The molecule has 0 aliphatic carbocycles. The fourth-order valence-electron chi connectivity index (χ4n) is 0.984. The van der Waals surface area contributed by atoms with Crippen LogP contribution in [0.1, 0.15) is 11.7 Å². The molecule has 0 radical (unpaired) electrons. The predicted molar refractivity (Wildman–Crippen MR) is 58.1 cm³/mol. The molecular formula is C8H7BrClN3O. The molecule has 1 atom stereocenters. The van der Waals surface area contributed by atoms with Crippen LogP contribution in [0.25, 0.3) is 10.4 Å². The van der Waals surface area contributed by atoms with Gasteiger partial charge in [-0.3, -0.25) is 0 Å². The second kappa shape index (κ2) is 5.22. The highest BCUT2D eigenvalue weighted by Crippen LogP contribution is 2.26. The van der Waals surface area contributed by atoms with E-state index in [0.717, 1.165) is 4.47 Å². The third kappa shape index (κ3) is 2.89. The maximum absolute atomic E-state index is 9.56. The molecule has 0 aromatic heterocycles. The van der Waals surface area contributed by atoms with Crippen molar-refractivity contribution in [3.05, 3.63) is 43.7 Å². The third-order valence-corrected chi connectivity index (χ3v) is 2.46. The summed E-state index contributed by atoms with van der Waals surface area (Å²) < 4.78 is 0.835. The molecule has 4 nitrogen and oxygen atoms in total. The Kier molecular flexibility index (Phi) is 4.22. The molecule has 0 saturated heterocycles. The lowest BCUT2D eigenvalue weighted by Gasteiger charge is -2.09. The van der Waals surface area contributed by atoms with E-state index < -0.39 is 6.10 Å². The highest BCUT2D eigenvalue weighted by Gasteiger charge is 2.10. The van der Waals surface area contributed by atoms with Crippen LogP contribution >= 0.6 is 27.5 Å². The summed E-state index contributed by atoms with van der Waals surface area (Å²) in [5.41, 5.74) is 8.64. The molecule has 1 N–H and O–H groups in total. The molecule has 1 rings (SSSR count). The van der Waals surface area contributed by atoms with Gasteiger partial charge in [-0.05, 0) is 23.2 Å². The molecule has 0 saturated carbocycles. The average Bonchev–Trinajstić information content (AvgIpc) is 2.14. The Bertz CT molecular complexity index is 379. The first-order chi connectivity index (χ1) is 6.65. The van der Waals surface area contributed by atoms with Gasteiger partial charge in [0.15, 0.2) is 0 Å². The average molecular weight is 277 g/mol. The minimum atomic E-state index is -0.855. The van der Waals surface area contributed by atoms with Crippen LogP contribution < -0.4 is 0 Å². The fraction of sp³-hybridized carbons (Fsp3) is 0.250. The quantitative estimate of drug-likeness (QED) is 0.513. The molecule has 0 bridgehead atoms. The molecule has 0 amide bonds. The van der Waals surface area contributed by atoms with Gasteiger partial charge in [0.25, 0.3) is 0 Å². The van der Waals surface area contributed by atoms with E-state index in [4.69, 9.17) is 17.1 Å². The van der Waals surface area contributed by atoms with E-state index in [9.17, 15) is 5.11 Å². The SMILES string of the molecule is [N-]=[N+]=NC[C@H](O)c1ccc(Br)cc1Cl. The molecule has 0 aliphatic heterocycles. The van der Waals surface area contributed by atoms with Gasteiger partial charge in [0, 0.05) is 14.4 Å². The Labute approximate surface area is 94.3 Å². The van der Waals surface area contributed by atoms with Crippen LogP contribution in [0.3, 0.4) is 0 Å². The first-order valence-corrected chi connectivity index (χ1v) is 4.96. The number of azide groups is 1. The van der Waals surface area contributed by atoms with E-state index in [1.807, 2.05) is 0 Å². The Balaban J connectivity index is 2.89. The normalized spacial score (nSPS) is 11.9. The fourth-order valence-corrected chi connectivity index (χ4v) is 1.78. The highest BCUT2D eigenvalue weighted by molar-refractivity contribution is 9.10. The topological polar surface area (TPSA) is 69.0 Å². The largest absolute Gasteiger partial charge is 0.388 e. The first kappa shape index (κ1) is 11.3. The van der Waals surface area contributed by atoms with Crippen molar-refractivity contribution in [2.45, 2.75) is 6.10 Å². The molecule has 0 heterocycles. The van der Waals surface area contributed by atoms with E-state index >= 15 is 0 Å². The zero-order valence-electron chi connectivity index (χ0n) is 7.06. The van der Waals surface area contributed by atoms with Crippen LogP contribution in [0.15, 0.2) is 27.8 Å². The second-order valence-corrected chi connectivity index (χ2v) is 3.92. The van der Waals surface area contributed by atoms with Crippen LogP contribution in [0, 0.1) is 0 Å². The molecule has 0 spiro atoms. The summed E-state index contributed by atoms with van der Waals surface area (Å²) in [5.74, 6) is 0. The van der Waals surface area contributed by atoms with Gasteiger partial charge in [0.1, 0.15) is 0 Å². The van der Waals surface area contributed by atoms with Gasteiger partial charge in [0.05, 0.1) is 12.6 Å². The van der Waals surface area contributed by atoms with Crippen molar-refractivity contribution in [2.24, 2.45) is 5.11 Å². The lowest BCUT2D eigenvalue weighted by molar-refractivity contribution is 0.187. The van der Waals surface area contributed by atoms with Gasteiger partial charge < -0.3 is 5.11 Å².